The van der Waals surface area contributed by atoms with Gasteiger partial charge in [0.2, 0.25) is 0 Å². The number of halogens is 1. The molecule has 0 bridgehead atoms. The van der Waals surface area contributed by atoms with E-state index >= 15 is 0 Å². The fourth-order valence-electron chi connectivity index (χ4n) is 1.72. The molecule has 0 aromatic heterocycles. The predicted octanol–water partition coefficient (Wildman–Crippen LogP) is 0.397. The van der Waals surface area contributed by atoms with Crippen molar-refractivity contribution in [2.75, 3.05) is 0 Å². The SMILES string of the molecule is CC(C)c1ccc([I-]c2ccc(CN)cc2)cc1. The monoisotopic (exact) mass is 352 g/mol. The second-order valence-corrected chi connectivity index (χ2v) is 7.66. The molecule has 0 saturated carbocycles. The molecule has 0 aliphatic heterocycles. The van der Waals surface area contributed by atoms with Gasteiger partial charge in [0.1, 0.15) is 0 Å². The predicted molar refractivity (Wildman–Crippen MR) is 72.3 cm³/mol. The summed E-state index contributed by atoms with van der Waals surface area (Å²) in [6.07, 6.45) is 0. The Bertz CT molecular complexity index is 486. The summed E-state index contributed by atoms with van der Waals surface area (Å²) in [5, 5.41) is 0. The summed E-state index contributed by atoms with van der Waals surface area (Å²) in [5.74, 6) is 0.612. The summed E-state index contributed by atoms with van der Waals surface area (Å²) in [6, 6.07) is 17.8. The van der Waals surface area contributed by atoms with Crippen LogP contribution >= 0.6 is 0 Å². The van der Waals surface area contributed by atoms with E-state index in [-0.39, 0.29) is 21.2 Å². The van der Waals surface area contributed by atoms with Gasteiger partial charge in [0.05, 0.1) is 0 Å². The van der Waals surface area contributed by atoms with E-state index in [0.717, 1.165) is 0 Å². The molecule has 2 aromatic rings. The Labute approximate surface area is 120 Å². The first-order valence-corrected chi connectivity index (χ1v) is 8.38. The van der Waals surface area contributed by atoms with E-state index in [4.69, 9.17) is 5.73 Å². The minimum absolute atomic E-state index is 0.0628. The fourth-order valence-corrected chi connectivity index (χ4v) is 3.88. The summed E-state index contributed by atoms with van der Waals surface area (Å²) in [6.45, 7) is 5.09. The van der Waals surface area contributed by atoms with Gasteiger partial charge in [0.15, 0.2) is 0 Å². The minimum atomic E-state index is -0.0628. The van der Waals surface area contributed by atoms with E-state index in [1.165, 1.54) is 18.3 Å². The van der Waals surface area contributed by atoms with Crippen LogP contribution < -0.4 is 26.9 Å². The second kappa shape index (κ2) is 6.34. The van der Waals surface area contributed by atoms with Gasteiger partial charge in [-0.25, -0.2) is 0 Å². The molecular weight excluding hydrogens is 333 g/mol. The first-order valence-electron chi connectivity index (χ1n) is 6.23. The Kier molecular flexibility index (Phi) is 4.78. The van der Waals surface area contributed by atoms with Crippen molar-refractivity contribution in [2.24, 2.45) is 5.73 Å². The quantitative estimate of drug-likeness (QED) is 0.792. The van der Waals surface area contributed by atoms with Crippen LogP contribution in [0.25, 0.3) is 0 Å². The second-order valence-electron chi connectivity index (χ2n) is 4.63. The zero-order valence-electron chi connectivity index (χ0n) is 10.9. The van der Waals surface area contributed by atoms with E-state index < -0.39 is 0 Å². The van der Waals surface area contributed by atoms with Gasteiger partial charge in [0, 0.05) is 0 Å². The Morgan fingerprint density at radius 3 is 1.83 bits per heavy atom. The van der Waals surface area contributed by atoms with E-state index in [9.17, 15) is 0 Å². The van der Waals surface area contributed by atoms with Crippen molar-refractivity contribution in [3.63, 3.8) is 0 Å². The van der Waals surface area contributed by atoms with Gasteiger partial charge in [-0.15, -0.1) is 0 Å². The van der Waals surface area contributed by atoms with Crippen LogP contribution in [0.2, 0.25) is 0 Å². The van der Waals surface area contributed by atoms with E-state index in [2.05, 4.69) is 62.4 Å². The number of hydrogen-bond acceptors (Lipinski definition) is 1. The molecule has 2 aromatic carbocycles. The van der Waals surface area contributed by atoms with Crippen molar-refractivity contribution in [1.82, 2.24) is 0 Å². The van der Waals surface area contributed by atoms with Gasteiger partial charge in [-0.2, -0.15) is 0 Å². The molecule has 0 atom stereocenters. The molecule has 96 valence electrons. The van der Waals surface area contributed by atoms with Crippen LogP contribution in [-0.2, 0) is 6.54 Å². The van der Waals surface area contributed by atoms with Crippen LogP contribution in [0.5, 0.6) is 0 Å². The third-order valence-corrected chi connectivity index (χ3v) is 5.59. The van der Waals surface area contributed by atoms with Crippen LogP contribution in [0.1, 0.15) is 30.9 Å². The summed E-state index contributed by atoms with van der Waals surface area (Å²) >= 11 is -0.0628. The van der Waals surface area contributed by atoms with Crippen LogP contribution in [0.15, 0.2) is 48.5 Å². The molecule has 0 saturated heterocycles. The summed E-state index contributed by atoms with van der Waals surface area (Å²) in [5.41, 5.74) is 8.23. The zero-order valence-corrected chi connectivity index (χ0v) is 13.0. The standard InChI is InChI=1S/C16H19IN/c1-12(2)14-5-9-16(10-6-14)17-15-7-3-13(11-18)4-8-15/h3-10,12H,11,18H2,1-2H3/q-1. The average Bonchev–Trinajstić information content (AvgIpc) is 2.40. The van der Waals surface area contributed by atoms with Crippen molar-refractivity contribution in [1.29, 1.82) is 0 Å². The molecule has 2 N–H and O–H groups in total. The van der Waals surface area contributed by atoms with Crippen LogP contribution in [0.3, 0.4) is 0 Å². The summed E-state index contributed by atoms with van der Waals surface area (Å²) in [4.78, 5) is 0. The normalized spacial score (nSPS) is 11.1. The maximum atomic E-state index is 5.61. The molecule has 18 heavy (non-hydrogen) atoms. The molecule has 0 amide bonds. The number of rotatable bonds is 4. The first-order chi connectivity index (χ1) is 8.69. The van der Waals surface area contributed by atoms with Gasteiger partial charge in [-0.3, -0.25) is 0 Å². The Morgan fingerprint density at radius 1 is 0.889 bits per heavy atom. The van der Waals surface area contributed by atoms with Crippen molar-refractivity contribution in [3.8, 4) is 0 Å². The van der Waals surface area contributed by atoms with Crippen molar-refractivity contribution >= 4 is 0 Å². The fraction of sp³-hybridized carbons (Fsp3) is 0.250. The molecule has 1 nitrogen and oxygen atoms in total. The number of nitrogens with two attached hydrogens (primary N) is 1. The van der Waals surface area contributed by atoms with E-state index in [1.807, 2.05) is 0 Å². The summed E-state index contributed by atoms with van der Waals surface area (Å²) in [7, 11) is 0. The molecule has 0 heterocycles. The Hall–Kier alpha value is -0.870. The molecule has 2 heteroatoms. The first kappa shape index (κ1) is 13.6. The van der Waals surface area contributed by atoms with Gasteiger partial charge in [0.25, 0.3) is 0 Å². The number of benzene rings is 2. The van der Waals surface area contributed by atoms with Gasteiger partial charge in [-0.1, -0.05) is 0 Å². The van der Waals surface area contributed by atoms with Gasteiger partial charge >= 0.3 is 120 Å². The molecule has 0 spiro atoms. The average molecular weight is 352 g/mol. The molecular formula is C16H19IN-. The number of hydrogen-bond donors (Lipinski definition) is 1. The third kappa shape index (κ3) is 3.56. The molecule has 2 rings (SSSR count). The molecule has 0 aliphatic carbocycles. The topological polar surface area (TPSA) is 26.0 Å². The molecule has 0 fully saturated rings. The van der Waals surface area contributed by atoms with Gasteiger partial charge < -0.3 is 0 Å². The van der Waals surface area contributed by atoms with Crippen molar-refractivity contribution in [3.05, 3.63) is 66.8 Å². The summed E-state index contributed by atoms with van der Waals surface area (Å²) < 4.78 is 2.92. The van der Waals surface area contributed by atoms with Crippen LogP contribution in [0.4, 0.5) is 0 Å². The maximum absolute atomic E-state index is 5.61. The third-order valence-electron chi connectivity index (χ3n) is 2.90. The molecule has 0 radical (unpaired) electrons. The van der Waals surface area contributed by atoms with Crippen molar-refractivity contribution < 1.29 is 21.2 Å². The van der Waals surface area contributed by atoms with Crippen LogP contribution in [-0.4, -0.2) is 0 Å². The van der Waals surface area contributed by atoms with E-state index in [0.29, 0.717) is 12.5 Å². The Balaban J connectivity index is 2.08. The molecule has 0 unspecified atom stereocenters. The zero-order chi connectivity index (χ0) is 13.0. The van der Waals surface area contributed by atoms with Gasteiger partial charge in [-0.05, 0) is 0 Å². The molecule has 0 aliphatic rings. The van der Waals surface area contributed by atoms with Crippen LogP contribution in [0, 0.1) is 7.14 Å². The van der Waals surface area contributed by atoms with E-state index in [1.54, 1.807) is 0 Å². The Morgan fingerprint density at radius 2 is 1.39 bits per heavy atom. The van der Waals surface area contributed by atoms with Crippen molar-refractivity contribution in [2.45, 2.75) is 26.3 Å².